The number of alkyl halides is 3. The number of nitrogens with two attached hydrogens (primary N) is 1. The molecule has 0 saturated carbocycles. The van der Waals surface area contributed by atoms with Gasteiger partial charge in [0.25, 0.3) is 5.91 Å². The minimum atomic E-state index is -4.82. The molecule has 7 nitrogen and oxygen atoms in total. The third-order valence-corrected chi connectivity index (χ3v) is 5.55. The first-order valence-electron chi connectivity index (χ1n) is 10.4. The summed E-state index contributed by atoms with van der Waals surface area (Å²) in [6.45, 7) is 3.54. The van der Waals surface area contributed by atoms with Crippen molar-refractivity contribution >= 4 is 28.4 Å². The third kappa shape index (κ3) is 4.67. The maximum atomic E-state index is 13.7. The number of carbonyl (C=O) groups excluding carboxylic acids is 1. The second kappa shape index (κ2) is 8.66. The van der Waals surface area contributed by atoms with Crippen molar-refractivity contribution in [3.8, 4) is 11.1 Å². The molecule has 2 aromatic heterocycles. The minimum absolute atomic E-state index is 0.294. The van der Waals surface area contributed by atoms with Gasteiger partial charge >= 0.3 is 6.18 Å². The van der Waals surface area contributed by atoms with Gasteiger partial charge in [-0.1, -0.05) is 6.07 Å². The Morgan fingerprint density at radius 3 is 2.49 bits per heavy atom. The van der Waals surface area contributed by atoms with Crippen LogP contribution in [-0.4, -0.2) is 25.5 Å². The highest BCUT2D eigenvalue weighted by Crippen LogP contribution is 2.36. The predicted octanol–water partition coefficient (Wildman–Crippen LogP) is 4.66. The average molecular weight is 487 g/mol. The van der Waals surface area contributed by atoms with Crippen molar-refractivity contribution in [3.05, 3.63) is 70.9 Å². The molecule has 35 heavy (non-hydrogen) atoms. The summed E-state index contributed by atoms with van der Waals surface area (Å²) in [7, 11) is 1.83. The van der Waals surface area contributed by atoms with Gasteiger partial charge in [-0.3, -0.25) is 4.79 Å². The van der Waals surface area contributed by atoms with Crippen molar-refractivity contribution in [1.82, 2.24) is 14.5 Å². The summed E-state index contributed by atoms with van der Waals surface area (Å²) in [6, 6.07) is 6.46. The van der Waals surface area contributed by atoms with Crippen LogP contribution in [0.1, 0.15) is 28.6 Å². The van der Waals surface area contributed by atoms with E-state index in [-0.39, 0.29) is 0 Å². The molecule has 11 heteroatoms. The number of hydrogen-bond donors (Lipinski definition) is 3. The van der Waals surface area contributed by atoms with Gasteiger partial charge in [0.1, 0.15) is 23.1 Å². The Kier molecular flexibility index (Phi) is 5.97. The van der Waals surface area contributed by atoms with Crippen molar-refractivity contribution in [3.63, 3.8) is 0 Å². The van der Waals surface area contributed by atoms with Crippen LogP contribution >= 0.6 is 0 Å². The second-order valence-corrected chi connectivity index (χ2v) is 8.20. The molecule has 0 bridgehead atoms. The van der Waals surface area contributed by atoms with Crippen LogP contribution < -0.4 is 11.1 Å². The molecular weight excluding hydrogens is 466 g/mol. The summed E-state index contributed by atoms with van der Waals surface area (Å²) in [5.41, 5.74) is 7.63. The number of halogens is 4. The fourth-order valence-electron chi connectivity index (χ4n) is 3.96. The summed E-state index contributed by atoms with van der Waals surface area (Å²) >= 11 is 0. The number of benzene rings is 2. The van der Waals surface area contributed by atoms with Crippen LogP contribution in [0.15, 0.2) is 42.6 Å². The first-order chi connectivity index (χ1) is 16.3. The van der Waals surface area contributed by atoms with E-state index < -0.39 is 35.1 Å². The summed E-state index contributed by atoms with van der Waals surface area (Å²) < 4.78 is 54.4. The van der Waals surface area contributed by atoms with Gasteiger partial charge in [-0.05, 0) is 60.9 Å². The zero-order chi connectivity index (χ0) is 25.7. The lowest BCUT2D eigenvalue weighted by atomic mass is 10.00. The van der Waals surface area contributed by atoms with Gasteiger partial charge < -0.3 is 20.7 Å². The Labute approximate surface area is 197 Å². The van der Waals surface area contributed by atoms with Crippen LogP contribution in [0.3, 0.4) is 0 Å². The van der Waals surface area contributed by atoms with E-state index in [2.05, 4.69) is 15.3 Å². The van der Waals surface area contributed by atoms with Crippen LogP contribution in [0.5, 0.6) is 0 Å². The molecule has 0 aliphatic rings. The number of aliphatic hydroxyl groups excluding tert-OH is 1. The number of amides is 1. The van der Waals surface area contributed by atoms with E-state index in [9.17, 15) is 27.5 Å². The molecule has 0 fully saturated rings. The highest BCUT2D eigenvalue weighted by molar-refractivity contribution is 6.02. The topological polar surface area (TPSA) is 106 Å². The number of nitrogens with one attached hydrogen (secondary N) is 1. The fraction of sp³-hybridized carbons (Fsp3) is 0.208. The monoisotopic (exact) mass is 487 g/mol. The molecule has 0 spiro atoms. The number of rotatable bonds is 4. The van der Waals surface area contributed by atoms with E-state index >= 15 is 0 Å². The summed E-state index contributed by atoms with van der Waals surface area (Å²) in [6.07, 6.45) is -4.97. The Morgan fingerprint density at radius 1 is 1.11 bits per heavy atom. The maximum Gasteiger partial charge on any atom is 0.416 e. The third-order valence-electron chi connectivity index (χ3n) is 5.55. The van der Waals surface area contributed by atoms with E-state index in [1.807, 2.05) is 17.8 Å². The number of anilines is 2. The van der Waals surface area contributed by atoms with Gasteiger partial charge in [-0.2, -0.15) is 13.2 Å². The van der Waals surface area contributed by atoms with Gasteiger partial charge in [-0.25, -0.2) is 14.4 Å². The highest BCUT2D eigenvalue weighted by atomic mass is 19.4. The molecule has 1 atom stereocenters. The smallest absolute Gasteiger partial charge is 0.383 e. The molecule has 4 rings (SSSR count). The molecule has 182 valence electrons. The largest absolute Gasteiger partial charge is 0.416 e. The number of aliphatic hydroxyl groups is 1. The lowest BCUT2D eigenvalue weighted by Gasteiger charge is -2.15. The molecule has 0 aliphatic carbocycles. The van der Waals surface area contributed by atoms with Gasteiger partial charge in [0.2, 0.25) is 0 Å². The number of hydrogen-bond acceptors (Lipinski definition) is 5. The maximum absolute atomic E-state index is 13.7. The molecule has 0 saturated heterocycles. The van der Waals surface area contributed by atoms with Gasteiger partial charge in [0, 0.05) is 24.5 Å². The molecule has 0 radical (unpaired) electrons. The molecule has 2 aromatic carbocycles. The van der Waals surface area contributed by atoms with E-state index in [0.29, 0.717) is 46.6 Å². The predicted molar refractivity (Wildman–Crippen MR) is 123 cm³/mol. The molecule has 4 aromatic rings. The van der Waals surface area contributed by atoms with Gasteiger partial charge in [0.15, 0.2) is 6.10 Å². The number of nitrogen functional groups attached to an aromatic ring is 1. The molecular formula is C24H21F4N5O2. The van der Waals surface area contributed by atoms with Gasteiger partial charge in [-0.15, -0.1) is 0 Å². The lowest BCUT2D eigenvalue weighted by molar-refractivity contribution is -0.138. The van der Waals surface area contributed by atoms with Crippen LogP contribution in [-0.2, 0) is 18.0 Å². The van der Waals surface area contributed by atoms with Crippen LogP contribution in [0.25, 0.3) is 22.2 Å². The van der Waals surface area contributed by atoms with Crippen LogP contribution in [0.4, 0.5) is 29.1 Å². The number of carbonyl (C=O) groups is 1. The Bertz CT molecular complexity index is 1460. The first kappa shape index (κ1) is 24.1. The Hall–Kier alpha value is -3.99. The normalized spacial score (nSPS) is 12.7. The molecule has 1 unspecified atom stereocenters. The second-order valence-electron chi connectivity index (χ2n) is 8.20. The van der Waals surface area contributed by atoms with Crippen molar-refractivity contribution in [2.45, 2.75) is 26.1 Å². The highest BCUT2D eigenvalue weighted by Gasteiger charge is 2.32. The summed E-state index contributed by atoms with van der Waals surface area (Å²) in [4.78, 5) is 21.2. The number of fused-ring (bicyclic) bond motifs is 1. The van der Waals surface area contributed by atoms with Crippen molar-refractivity contribution in [2.24, 2.45) is 7.05 Å². The number of aromatic nitrogens is 3. The van der Waals surface area contributed by atoms with Gasteiger partial charge in [0.05, 0.1) is 10.9 Å². The van der Waals surface area contributed by atoms with Crippen LogP contribution in [0, 0.1) is 19.7 Å². The summed E-state index contributed by atoms with van der Waals surface area (Å²) in [5.74, 6) is -1.35. The van der Waals surface area contributed by atoms with Crippen molar-refractivity contribution in [2.75, 3.05) is 11.1 Å². The molecule has 4 N–H and O–H groups in total. The number of aryl methyl sites for hydroxylation is 3. The standard InChI is InChI=1S/C24H21F4N5O2/c1-11-6-16(32-23(35)20(34)13-7-14(24(26,27)28)9-15(25)8-13)4-5-17(11)18-10-33(3)22-19(18)21(29)30-12(2)31-22/h4-10,20,34H,1-3H3,(H,32,35)(H2,29,30,31). The van der Waals surface area contributed by atoms with Crippen molar-refractivity contribution in [1.29, 1.82) is 0 Å². The first-order valence-corrected chi connectivity index (χ1v) is 10.4. The number of nitrogens with zero attached hydrogens (tertiary/aromatic N) is 3. The quantitative estimate of drug-likeness (QED) is 0.363. The summed E-state index contributed by atoms with van der Waals surface area (Å²) in [5, 5.41) is 13.4. The molecule has 2 heterocycles. The Morgan fingerprint density at radius 2 is 1.83 bits per heavy atom. The zero-order valence-corrected chi connectivity index (χ0v) is 18.9. The lowest BCUT2D eigenvalue weighted by Crippen LogP contribution is -2.21. The van der Waals surface area contributed by atoms with E-state index in [4.69, 9.17) is 5.73 Å². The SMILES string of the molecule is Cc1nc(N)c2c(-c3ccc(NC(=O)C(O)c4cc(F)cc(C(F)(F)F)c4)cc3C)cn(C)c2n1. The van der Waals surface area contributed by atoms with Crippen molar-refractivity contribution < 1.29 is 27.5 Å². The molecule has 0 aliphatic heterocycles. The van der Waals surface area contributed by atoms with E-state index in [1.54, 1.807) is 32.0 Å². The van der Waals surface area contributed by atoms with E-state index in [0.717, 1.165) is 16.7 Å². The average Bonchev–Trinajstić information content (AvgIpc) is 3.08. The minimum Gasteiger partial charge on any atom is -0.383 e. The zero-order valence-electron chi connectivity index (χ0n) is 18.9. The van der Waals surface area contributed by atoms with Crippen LogP contribution in [0.2, 0.25) is 0 Å². The van der Waals surface area contributed by atoms with E-state index in [1.165, 1.54) is 0 Å². The Balaban J connectivity index is 1.62. The molecule has 1 amide bonds. The fourth-order valence-corrected chi connectivity index (χ4v) is 3.96.